The van der Waals surface area contributed by atoms with Gasteiger partial charge in [0.25, 0.3) is 5.91 Å². The molecule has 0 aliphatic carbocycles. The minimum Gasteiger partial charge on any atom is -0.508 e. The third-order valence-electron chi connectivity index (χ3n) is 6.66. The van der Waals surface area contributed by atoms with Crippen LogP contribution >= 0.6 is 23.2 Å². The average molecular weight is 558 g/mol. The summed E-state index contributed by atoms with van der Waals surface area (Å²) in [6.07, 6.45) is -0.240. The number of piperazine rings is 1. The van der Waals surface area contributed by atoms with Gasteiger partial charge in [-0.2, -0.15) is 0 Å². The largest absolute Gasteiger partial charge is 0.508 e. The van der Waals surface area contributed by atoms with Crippen LogP contribution in [0.5, 0.6) is 11.5 Å². The van der Waals surface area contributed by atoms with Crippen molar-refractivity contribution in [2.45, 2.75) is 18.8 Å². The van der Waals surface area contributed by atoms with E-state index in [4.69, 9.17) is 37.4 Å². The molecule has 2 fully saturated rings. The first-order chi connectivity index (χ1) is 18.3. The zero-order valence-electron chi connectivity index (χ0n) is 20.9. The summed E-state index contributed by atoms with van der Waals surface area (Å²) in [6, 6.07) is 19.4. The molecule has 3 aromatic carbocycles. The molecule has 2 atom stereocenters. The molecule has 0 unspecified atom stereocenters. The van der Waals surface area contributed by atoms with Crippen molar-refractivity contribution < 1.29 is 24.1 Å². The fraction of sp³-hybridized carbons (Fsp3) is 0.321. The molecule has 0 radical (unpaired) electrons. The SMILES string of the molecule is C[C@]1(c2ccc(Cl)cc2Cl)OC[C@@H](COc2ccc(N3CCN(NC(=O)c4ccc(O)cc4)CC3)cc2)O1. The van der Waals surface area contributed by atoms with Gasteiger partial charge in [0.2, 0.25) is 0 Å². The monoisotopic (exact) mass is 557 g/mol. The highest BCUT2D eigenvalue weighted by molar-refractivity contribution is 6.35. The van der Waals surface area contributed by atoms with Crippen molar-refractivity contribution >= 4 is 34.8 Å². The molecule has 2 aliphatic rings. The summed E-state index contributed by atoms with van der Waals surface area (Å²) in [6.45, 7) is 5.51. The Morgan fingerprint density at radius 1 is 1.05 bits per heavy atom. The third-order valence-corrected chi connectivity index (χ3v) is 7.21. The van der Waals surface area contributed by atoms with Gasteiger partial charge in [-0.25, -0.2) is 5.01 Å². The number of aromatic hydroxyl groups is 1. The van der Waals surface area contributed by atoms with E-state index < -0.39 is 5.79 Å². The fourth-order valence-corrected chi connectivity index (χ4v) is 5.14. The fourth-order valence-electron chi connectivity index (χ4n) is 4.56. The number of phenolic OH excluding ortho intramolecular Hbond substituents is 1. The number of hydrazine groups is 1. The smallest absolute Gasteiger partial charge is 0.265 e. The molecule has 10 heteroatoms. The van der Waals surface area contributed by atoms with Gasteiger partial charge in [0.05, 0.1) is 11.6 Å². The van der Waals surface area contributed by atoms with Crippen molar-refractivity contribution in [2.75, 3.05) is 44.3 Å². The quantitative estimate of drug-likeness (QED) is 0.430. The molecule has 2 saturated heterocycles. The Labute approximate surface area is 231 Å². The molecule has 1 amide bonds. The summed E-state index contributed by atoms with van der Waals surface area (Å²) >= 11 is 12.4. The maximum absolute atomic E-state index is 12.4. The number of halogens is 2. The van der Waals surface area contributed by atoms with Crippen LogP contribution in [0.1, 0.15) is 22.8 Å². The van der Waals surface area contributed by atoms with Crippen molar-refractivity contribution in [1.29, 1.82) is 0 Å². The lowest BCUT2D eigenvalue weighted by Gasteiger charge is -2.36. The minimum atomic E-state index is -0.953. The average Bonchev–Trinajstić information content (AvgIpc) is 3.30. The van der Waals surface area contributed by atoms with Gasteiger partial charge in [0.1, 0.15) is 24.2 Å². The summed E-state index contributed by atoms with van der Waals surface area (Å²) in [4.78, 5) is 14.7. The van der Waals surface area contributed by atoms with E-state index in [1.165, 1.54) is 12.1 Å². The molecule has 0 aromatic heterocycles. The maximum atomic E-state index is 12.4. The topological polar surface area (TPSA) is 83.5 Å². The summed E-state index contributed by atoms with van der Waals surface area (Å²) in [5.74, 6) is -0.260. The van der Waals surface area contributed by atoms with E-state index in [1.54, 1.807) is 24.3 Å². The molecule has 0 spiro atoms. The number of rotatable bonds is 7. The Kier molecular flexibility index (Phi) is 7.97. The second-order valence-electron chi connectivity index (χ2n) is 9.39. The van der Waals surface area contributed by atoms with E-state index in [0.29, 0.717) is 41.9 Å². The van der Waals surface area contributed by atoms with Crippen molar-refractivity contribution in [3.8, 4) is 11.5 Å². The zero-order chi connectivity index (χ0) is 26.7. The number of carbonyl (C=O) groups excluding carboxylic acids is 1. The van der Waals surface area contributed by atoms with Crippen LogP contribution in [0, 0.1) is 0 Å². The number of nitrogens with zero attached hydrogens (tertiary/aromatic N) is 2. The van der Waals surface area contributed by atoms with Gasteiger partial charge in [-0.15, -0.1) is 0 Å². The molecule has 5 rings (SSSR count). The normalized spacial score (nSPS) is 21.9. The molecule has 2 heterocycles. The van der Waals surface area contributed by atoms with Crippen molar-refractivity contribution in [1.82, 2.24) is 10.4 Å². The van der Waals surface area contributed by atoms with Gasteiger partial charge < -0.3 is 24.2 Å². The highest BCUT2D eigenvalue weighted by atomic mass is 35.5. The molecule has 8 nitrogen and oxygen atoms in total. The minimum absolute atomic E-state index is 0.134. The van der Waals surface area contributed by atoms with E-state index >= 15 is 0 Å². The van der Waals surface area contributed by atoms with Gasteiger partial charge >= 0.3 is 0 Å². The van der Waals surface area contributed by atoms with Gasteiger partial charge in [-0.05, 0) is 67.6 Å². The van der Waals surface area contributed by atoms with Crippen LogP contribution in [0.25, 0.3) is 0 Å². The lowest BCUT2D eigenvalue weighted by molar-refractivity contribution is -0.164. The first-order valence-electron chi connectivity index (χ1n) is 12.4. The molecule has 38 heavy (non-hydrogen) atoms. The number of benzene rings is 3. The summed E-state index contributed by atoms with van der Waals surface area (Å²) in [5, 5.41) is 12.4. The van der Waals surface area contributed by atoms with Gasteiger partial charge in [-0.1, -0.05) is 29.3 Å². The number of anilines is 1. The standard InChI is InChI=1S/C28H29Cl2N3O5/c1-28(25-11-4-20(29)16-26(25)30)37-18-24(38-28)17-36-23-9-5-21(6-10-23)32-12-14-33(15-13-32)31-27(35)19-2-7-22(34)8-3-19/h2-11,16,24,34H,12-15,17-18H2,1H3,(H,31,35)/t24-,28+/m1/s1. The number of ether oxygens (including phenoxy) is 3. The predicted molar refractivity (Wildman–Crippen MR) is 146 cm³/mol. The van der Waals surface area contributed by atoms with Gasteiger partial charge in [0.15, 0.2) is 5.79 Å². The maximum Gasteiger partial charge on any atom is 0.265 e. The van der Waals surface area contributed by atoms with E-state index in [0.717, 1.165) is 30.1 Å². The molecule has 2 N–H and O–H groups in total. The van der Waals surface area contributed by atoms with E-state index in [-0.39, 0.29) is 17.8 Å². The number of amides is 1. The van der Waals surface area contributed by atoms with Crippen LogP contribution in [-0.4, -0.2) is 61.5 Å². The third kappa shape index (κ3) is 6.17. The number of nitrogens with one attached hydrogen (secondary N) is 1. The Balaban J connectivity index is 1.08. The Morgan fingerprint density at radius 2 is 1.76 bits per heavy atom. The molecule has 0 bridgehead atoms. The molecular formula is C28H29Cl2N3O5. The van der Waals surface area contributed by atoms with E-state index in [2.05, 4.69) is 10.3 Å². The Bertz CT molecular complexity index is 1270. The van der Waals surface area contributed by atoms with Gasteiger partial charge in [-0.3, -0.25) is 10.2 Å². The van der Waals surface area contributed by atoms with Crippen LogP contribution in [-0.2, 0) is 15.3 Å². The summed E-state index contributed by atoms with van der Waals surface area (Å²) in [7, 11) is 0. The predicted octanol–water partition coefficient (Wildman–Crippen LogP) is 4.83. The van der Waals surface area contributed by atoms with Crippen molar-refractivity contribution in [3.05, 3.63) is 87.9 Å². The first kappa shape index (κ1) is 26.6. The van der Waals surface area contributed by atoms with Gasteiger partial charge in [0, 0.05) is 48.0 Å². The Morgan fingerprint density at radius 3 is 2.45 bits per heavy atom. The summed E-state index contributed by atoms with van der Waals surface area (Å²) in [5.41, 5.74) is 5.26. The van der Waals surface area contributed by atoms with Crippen LogP contribution in [0.4, 0.5) is 5.69 Å². The highest BCUT2D eigenvalue weighted by Crippen LogP contribution is 2.38. The van der Waals surface area contributed by atoms with Crippen molar-refractivity contribution in [3.63, 3.8) is 0 Å². The van der Waals surface area contributed by atoms with Crippen molar-refractivity contribution in [2.24, 2.45) is 0 Å². The van der Waals surface area contributed by atoms with Crippen LogP contribution < -0.4 is 15.1 Å². The number of hydrogen-bond acceptors (Lipinski definition) is 7. The second kappa shape index (κ2) is 11.4. The number of carbonyl (C=O) groups is 1. The number of phenols is 1. The molecule has 3 aromatic rings. The van der Waals surface area contributed by atoms with Crippen LogP contribution in [0.15, 0.2) is 66.7 Å². The molecular weight excluding hydrogens is 529 g/mol. The molecule has 0 saturated carbocycles. The second-order valence-corrected chi connectivity index (χ2v) is 10.2. The first-order valence-corrected chi connectivity index (χ1v) is 13.1. The Hall–Kier alpha value is -3.01. The van der Waals surface area contributed by atoms with Crippen LogP contribution in [0.2, 0.25) is 10.0 Å². The zero-order valence-corrected chi connectivity index (χ0v) is 22.4. The van der Waals surface area contributed by atoms with E-state index in [1.807, 2.05) is 42.3 Å². The van der Waals surface area contributed by atoms with Crippen LogP contribution in [0.3, 0.4) is 0 Å². The van der Waals surface area contributed by atoms with E-state index in [9.17, 15) is 9.90 Å². The summed E-state index contributed by atoms with van der Waals surface area (Å²) < 4.78 is 18.0. The number of hydrogen-bond donors (Lipinski definition) is 2. The molecule has 200 valence electrons. The lowest BCUT2D eigenvalue weighted by Crippen LogP contribution is -2.53. The highest BCUT2D eigenvalue weighted by Gasteiger charge is 2.40. The lowest BCUT2D eigenvalue weighted by atomic mass is 10.1. The molecule has 2 aliphatic heterocycles.